The van der Waals surface area contributed by atoms with Crippen molar-refractivity contribution in [3.63, 3.8) is 0 Å². The molecule has 0 saturated carbocycles. The number of para-hydroxylation sites is 1. The van der Waals surface area contributed by atoms with E-state index in [-0.39, 0.29) is 6.23 Å². The van der Waals surface area contributed by atoms with Crippen LogP contribution >= 0.6 is 0 Å². The molecule has 0 fully saturated rings. The second-order valence-corrected chi connectivity index (χ2v) is 5.23. The Labute approximate surface area is 118 Å². The monoisotopic (exact) mass is 269 g/mol. The summed E-state index contributed by atoms with van der Waals surface area (Å²) in [5, 5.41) is 3.72. The van der Waals surface area contributed by atoms with Crippen LogP contribution < -0.4 is 4.90 Å². The molecule has 1 aromatic carbocycles. The van der Waals surface area contributed by atoms with E-state index < -0.39 is 0 Å². The number of anilines is 1. The summed E-state index contributed by atoms with van der Waals surface area (Å²) in [7, 11) is 0. The Balaban J connectivity index is 1.90. The molecule has 4 heteroatoms. The van der Waals surface area contributed by atoms with E-state index in [0.29, 0.717) is 17.4 Å². The fourth-order valence-corrected chi connectivity index (χ4v) is 2.22. The van der Waals surface area contributed by atoms with Crippen LogP contribution in [0.3, 0.4) is 0 Å². The molecule has 0 N–H and O–H groups in total. The van der Waals surface area contributed by atoms with Crippen LogP contribution in [0.15, 0.2) is 47.1 Å². The van der Waals surface area contributed by atoms with Crippen molar-refractivity contribution in [3.8, 4) is 0 Å². The lowest BCUT2D eigenvalue weighted by atomic mass is 10.1. The van der Waals surface area contributed by atoms with E-state index in [1.807, 2.05) is 35.2 Å². The van der Waals surface area contributed by atoms with Gasteiger partial charge < -0.3 is 14.2 Å². The van der Waals surface area contributed by atoms with Gasteiger partial charge in [-0.1, -0.05) is 37.2 Å². The molecular formula is C16H17N2O2. The minimum absolute atomic E-state index is 0.0579. The second kappa shape index (κ2) is 5.41. The summed E-state index contributed by atoms with van der Waals surface area (Å²) in [6, 6.07) is 11.9. The van der Waals surface area contributed by atoms with Gasteiger partial charge in [0, 0.05) is 18.2 Å². The van der Waals surface area contributed by atoms with E-state index in [2.05, 4.69) is 25.2 Å². The third-order valence-electron chi connectivity index (χ3n) is 3.13. The normalized spacial score (nSPS) is 18.2. The number of benzene rings is 1. The second-order valence-electron chi connectivity index (χ2n) is 5.23. The van der Waals surface area contributed by atoms with Gasteiger partial charge >= 0.3 is 0 Å². The van der Waals surface area contributed by atoms with Crippen molar-refractivity contribution in [2.45, 2.75) is 26.5 Å². The first-order valence-corrected chi connectivity index (χ1v) is 6.79. The number of aromatic nitrogens is 1. The number of ether oxygens (including phenoxy) is 1. The van der Waals surface area contributed by atoms with E-state index >= 15 is 0 Å². The van der Waals surface area contributed by atoms with Crippen molar-refractivity contribution in [1.29, 1.82) is 0 Å². The average Bonchev–Trinajstić information content (AvgIpc) is 3.08. The minimum Gasteiger partial charge on any atom is -0.464 e. The van der Waals surface area contributed by atoms with Gasteiger partial charge in [0.15, 0.2) is 12.0 Å². The summed E-state index contributed by atoms with van der Waals surface area (Å²) < 4.78 is 11.1. The highest BCUT2D eigenvalue weighted by Gasteiger charge is 2.30. The molecule has 20 heavy (non-hydrogen) atoms. The Morgan fingerprint density at radius 3 is 2.70 bits per heavy atom. The lowest BCUT2D eigenvalue weighted by Gasteiger charge is -2.25. The molecule has 1 unspecified atom stereocenters. The van der Waals surface area contributed by atoms with Crippen LogP contribution in [0.4, 0.5) is 5.69 Å². The van der Waals surface area contributed by atoms with Gasteiger partial charge in [0.25, 0.3) is 0 Å². The largest absolute Gasteiger partial charge is 0.464 e. The fraction of sp³-hybridized carbons (Fsp3) is 0.312. The molecule has 4 nitrogen and oxygen atoms in total. The molecule has 0 saturated heterocycles. The molecule has 0 bridgehead atoms. The Morgan fingerprint density at radius 1 is 1.25 bits per heavy atom. The van der Waals surface area contributed by atoms with Gasteiger partial charge in [0.05, 0.1) is 6.20 Å². The van der Waals surface area contributed by atoms with Crippen LogP contribution in [-0.2, 0) is 4.74 Å². The van der Waals surface area contributed by atoms with Crippen molar-refractivity contribution < 1.29 is 9.26 Å². The van der Waals surface area contributed by atoms with Gasteiger partial charge in [0.1, 0.15) is 6.20 Å². The molecule has 2 heterocycles. The van der Waals surface area contributed by atoms with Crippen molar-refractivity contribution in [1.82, 2.24) is 5.16 Å². The molecule has 0 spiro atoms. The molecule has 1 aliphatic heterocycles. The van der Waals surface area contributed by atoms with Crippen LogP contribution in [0.25, 0.3) is 5.76 Å². The highest BCUT2D eigenvalue weighted by molar-refractivity contribution is 5.62. The average molecular weight is 269 g/mol. The lowest BCUT2D eigenvalue weighted by Crippen LogP contribution is -2.29. The number of nitrogens with zero attached hydrogens (tertiary/aromatic N) is 2. The van der Waals surface area contributed by atoms with Gasteiger partial charge in [-0.3, -0.25) is 0 Å². The Hall–Kier alpha value is -2.23. The van der Waals surface area contributed by atoms with E-state index in [1.54, 1.807) is 12.3 Å². The first kappa shape index (κ1) is 12.8. The summed E-state index contributed by atoms with van der Waals surface area (Å²) >= 11 is 0. The summed E-state index contributed by atoms with van der Waals surface area (Å²) in [6.45, 7) is 4.36. The maximum atomic E-state index is 5.98. The Bertz CT molecular complexity index is 576. The summed E-state index contributed by atoms with van der Waals surface area (Å²) in [5.74, 6) is 1.75. The third kappa shape index (κ3) is 2.54. The quantitative estimate of drug-likeness (QED) is 0.848. The zero-order valence-corrected chi connectivity index (χ0v) is 11.6. The first-order chi connectivity index (χ1) is 9.74. The van der Waals surface area contributed by atoms with Crippen LogP contribution in [0.5, 0.6) is 0 Å². The van der Waals surface area contributed by atoms with E-state index in [0.717, 1.165) is 12.1 Å². The molecular weight excluding hydrogens is 252 g/mol. The highest BCUT2D eigenvalue weighted by atomic mass is 16.5. The topological polar surface area (TPSA) is 38.5 Å². The SMILES string of the molecule is CC(C)CC1OC(c2ccno2)=[C]N1c1ccccc1. The van der Waals surface area contributed by atoms with Crippen LogP contribution in [-0.4, -0.2) is 11.4 Å². The van der Waals surface area contributed by atoms with Gasteiger partial charge in [-0.25, -0.2) is 0 Å². The lowest BCUT2D eigenvalue weighted by molar-refractivity contribution is 0.160. The van der Waals surface area contributed by atoms with E-state index in [1.165, 1.54) is 0 Å². The van der Waals surface area contributed by atoms with Gasteiger partial charge in [-0.05, 0) is 18.1 Å². The third-order valence-corrected chi connectivity index (χ3v) is 3.13. The molecule has 1 atom stereocenters. The minimum atomic E-state index is -0.0579. The summed E-state index contributed by atoms with van der Waals surface area (Å²) in [6.07, 6.45) is 5.72. The predicted molar refractivity (Wildman–Crippen MR) is 76.4 cm³/mol. The molecule has 103 valence electrons. The standard InChI is InChI=1S/C16H17N2O2/c1-12(2)10-16-18(13-6-4-3-5-7-13)11-15(19-16)14-8-9-17-20-14/h3-9,12,16H,10H2,1-2H3. The van der Waals surface area contributed by atoms with Gasteiger partial charge in [-0.2, -0.15) is 0 Å². The zero-order chi connectivity index (χ0) is 13.9. The molecule has 0 aliphatic carbocycles. The number of rotatable bonds is 4. The molecule has 1 aliphatic rings. The Morgan fingerprint density at radius 2 is 2.05 bits per heavy atom. The molecule has 3 rings (SSSR count). The predicted octanol–water partition coefficient (Wildman–Crippen LogP) is 3.69. The van der Waals surface area contributed by atoms with Gasteiger partial charge in [-0.15, -0.1) is 0 Å². The van der Waals surface area contributed by atoms with Crippen molar-refractivity contribution in [3.05, 3.63) is 54.6 Å². The number of hydrogen-bond donors (Lipinski definition) is 0. The molecule has 2 aromatic rings. The zero-order valence-electron chi connectivity index (χ0n) is 11.6. The number of hydrogen-bond acceptors (Lipinski definition) is 4. The van der Waals surface area contributed by atoms with E-state index in [9.17, 15) is 0 Å². The Kier molecular flexibility index (Phi) is 3.46. The molecule has 1 aromatic heterocycles. The maximum absolute atomic E-state index is 5.98. The van der Waals surface area contributed by atoms with Crippen molar-refractivity contribution in [2.24, 2.45) is 5.92 Å². The maximum Gasteiger partial charge on any atom is 0.203 e. The van der Waals surface area contributed by atoms with Crippen molar-refractivity contribution >= 4 is 11.4 Å². The highest BCUT2D eigenvalue weighted by Crippen LogP contribution is 2.32. The summed E-state index contributed by atoms with van der Waals surface area (Å²) in [5.41, 5.74) is 1.06. The van der Waals surface area contributed by atoms with Crippen molar-refractivity contribution in [2.75, 3.05) is 4.90 Å². The smallest absolute Gasteiger partial charge is 0.203 e. The van der Waals surface area contributed by atoms with Crippen LogP contribution in [0.1, 0.15) is 26.0 Å². The molecule has 0 amide bonds. The first-order valence-electron chi connectivity index (χ1n) is 6.79. The fourth-order valence-electron chi connectivity index (χ4n) is 2.22. The molecule has 1 radical (unpaired) electrons. The summed E-state index contributed by atoms with van der Waals surface area (Å²) in [4.78, 5) is 2.03. The van der Waals surface area contributed by atoms with Crippen LogP contribution in [0, 0.1) is 12.1 Å². The van der Waals surface area contributed by atoms with E-state index in [4.69, 9.17) is 9.26 Å². The van der Waals surface area contributed by atoms with Crippen LogP contribution in [0.2, 0.25) is 0 Å². The van der Waals surface area contributed by atoms with Gasteiger partial charge in [0.2, 0.25) is 5.76 Å².